The van der Waals surface area contributed by atoms with E-state index in [9.17, 15) is 43.5 Å². The van der Waals surface area contributed by atoms with Crippen LogP contribution in [0.3, 0.4) is 0 Å². The van der Waals surface area contributed by atoms with Gasteiger partial charge in [0.25, 0.3) is 0 Å². The smallest absolute Gasteiger partial charge is 0.303 e. The summed E-state index contributed by atoms with van der Waals surface area (Å²) in [6, 6.07) is 0. The Morgan fingerprint density at radius 3 is 1.09 bits per heavy atom. The normalized spacial score (nSPS) is 25.5. The number of carbonyl (C=O) groups excluding carboxylic acids is 8. The molecule has 2 fully saturated rings. The Balaban J connectivity index is 2.18. The van der Waals surface area contributed by atoms with Crippen molar-refractivity contribution in [1.82, 2.24) is 0 Å². The van der Waals surface area contributed by atoms with E-state index in [0.717, 1.165) is 0 Å². The molecule has 20 nitrogen and oxygen atoms in total. The van der Waals surface area contributed by atoms with E-state index in [1.807, 2.05) is 0 Å². The Kier molecular flexibility index (Phi) is 25.3. The average molecular weight is 953 g/mol. The number of ether oxygens (including phenoxy) is 11. The van der Waals surface area contributed by atoms with Gasteiger partial charge in [0, 0.05) is 79.1 Å². The van der Waals surface area contributed by atoms with Gasteiger partial charge in [0.2, 0.25) is 0 Å². The predicted octanol–water partition coefficient (Wildman–Crippen LogP) is 2.45. The third kappa shape index (κ3) is 20.1. The van der Waals surface area contributed by atoms with Gasteiger partial charge in [-0.05, 0) is 25.7 Å². The van der Waals surface area contributed by atoms with Gasteiger partial charge < -0.3 is 57.2 Å². The Hall–Kier alpha value is -3.96. The van der Waals surface area contributed by atoms with Crippen molar-refractivity contribution in [1.29, 1.82) is 0 Å². The Morgan fingerprint density at radius 1 is 0.484 bits per heavy atom. The van der Waals surface area contributed by atoms with Crippen molar-refractivity contribution in [2.75, 3.05) is 59.5 Å². The molecule has 2 aliphatic rings. The molecule has 0 spiro atoms. The summed E-state index contributed by atoms with van der Waals surface area (Å²) >= 11 is 2.54. The standard InChI is InChI=1S/C42H64O20S2/c1-10-15-52-21-42(20-43,22-53-16-11-13-32-36(57-26(4)46)40(61-30(8)50)38(59-28(6)48)34(63-32)18-55-24(2)44)23-54-17-12-14-33-37(58-27(5)47)41(62-31(9)51)39(60-29(7)49)35(64-33)19-56-25(3)45/h10,32-41,43H,1,11-23H2,2-9H3/t32-,33-,34+,35+,36+,37+,38-,39-,40-,41-/m1/s1. The molecule has 64 heavy (non-hydrogen) atoms. The average Bonchev–Trinajstić information content (AvgIpc) is 3.19. The van der Waals surface area contributed by atoms with Gasteiger partial charge in [-0.3, -0.25) is 38.4 Å². The molecule has 2 rings (SSSR count). The van der Waals surface area contributed by atoms with Crippen molar-refractivity contribution in [3.8, 4) is 0 Å². The van der Waals surface area contributed by atoms with E-state index in [2.05, 4.69) is 6.58 Å². The van der Waals surface area contributed by atoms with E-state index in [1.54, 1.807) is 6.08 Å². The van der Waals surface area contributed by atoms with Crippen LogP contribution in [0, 0.1) is 5.41 Å². The lowest BCUT2D eigenvalue weighted by Crippen LogP contribution is -2.58. The maximum Gasteiger partial charge on any atom is 0.303 e. The van der Waals surface area contributed by atoms with Crippen LogP contribution in [0.5, 0.6) is 0 Å². The summed E-state index contributed by atoms with van der Waals surface area (Å²) in [6.07, 6.45) is -3.58. The van der Waals surface area contributed by atoms with Gasteiger partial charge in [-0.1, -0.05) is 6.08 Å². The van der Waals surface area contributed by atoms with E-state index in [0.29, 0.717) is 25.7 Å². The highest BCUT2D eigenvalue weighted by Gasteiger charge is 2.52. The third-order valence-corrected chi connectivity index (χ3v) is 12.7. The van der Waals surface area contributed by atoms with E-state index in [4.69, 9.17) is 52.1 Å². The van der Waals surface area contributed by atoms with Crippen molar-refractivity contribution >= 4 is 71.3 Å². The summed E-state index contributed by atoms with van der Waals surface area (Å²) in [5.74, 6) is -5.20. The molecule has 0 aromatic carbocycles. The molecule has 0 saturated carbocycles. The Labute approximate surface area is 382 Å². The van der Waals surface area contributed by atoms with Crippen LogP contribution in [0.2, 0.25) is 0 Å². The minimum Gasteiger partial charge on any atom is -0.465 e. The van der Waals surface area contributed by atoms with E-state index < -0.39 is 111 Å². The molecule has 2 saturated heterocycles. The SMILES string of the molecule is C=CCOCC(CO)(COCCC[C@H]1S[C@@H](COC(C)=O)[C@@H](OC(C)=O)[C@H](OC(C)=O)[C@H]1OC(C)=O)COCCC[C@H]1S[C@@H](COC(C)=O)[C@@H](OC(C)=O)[C@H](OC(C)=O)[C@H]1OC(C)=O. The number of hydrogen-bond donors (Lipinski definition) is 1. The number of rotatable bonds is 27. The fourth-order valence-corrected chi connectivity index (χ4v) is 10.3. The first-order valence-corrected chi connectivity index (χ1v) is 22.7. The molecule has 2 aliphatic heterocycles. The van der Waals surface area contributed by atoms with Crippen LogP contribution >= 0.6 is 23.5 Å². The van der Waals surface area contributed by atoms with Crippen molar-refractivity contribution in [3.63, 3.8) is 0 Å². The first kappa shape index (κ1) is 56.2. The second-order valence-electron chi connectivity index (χ2n) is 15.3. The van der Waals surface area contributed by atoms with Crippen LogP contribution in [0.25, 0.3) is 0 Å². The minimum absolute atomic E-state index is 0.00205. The molecule has 22 heteroatoms. The highest BCUT2D eigenvalue weighted by atomic mass is 32.2. The zero-order chi connectivity index (χ0) is 48.0. The molecule has 10 atom stereocenters. The molecule has 0 aromatic rings. The van der Waals surface area contributed by atoms with Gasteiger partial charge in [-0.15, -0.1) is 30.1 Å². The number of hydrogen-bond acceptors (Lipinski definition) is 22. The molecular formula is C42H64O20S2. The quantitative estimate of drug-likeness (QED) is 0.0537. The zero-order valence-corrected chi connectivity index (χ0v) is 39.4. The van der Waals surface area contributed by atoms with Crippen molar-refractivity contribution in [3.05, 3.63) is 12.7 Å². The number of esters is 8. The van der Waals surface area contributed by atoms with Gasteiger partial charge >= 0.3 is 47.8 Å². The summed E-state index contributed by atoms with van der Waals surface area (Å²) in [6.45, 7) is 13.0. The Morgan fingerprint density at radius 2 is 0.797 bits per heavy atom. The monoisotopic (exact) mass is 952 g/mol. The zero-order valence-electron chi connectivity index (χ0n) is 37.8. The summed E-state index contributed by atoms with van der Waals surface area (Å²) in [5, 5.41) is 8.29. The molecule has 364 valence electrons. The lowest BCUT2D eigenvalue weighted by molar-refractivity contribution is -0.186. The maximum absolute atomic E-state index is 12.3. The molecule has 0 aromatic heterocycles. The summed E-state index contributed by atoms with van der Waals surface area (Å²) < 4.78 is 61.9. The van der Waals surface area contributed by atoms with Crippen LogP contribution in [-0.2, 0) is 90.5 Å². The fraction of sp³-hybridized carbons (Fsp3) is 0.762. The van der Waals surface area contributed by atoms with E-state index >= 15 is 0 Å². The fourth-order valence-electron chi connectivity index (χ4n) is 7.07. The highest BCUT2D eigenvalue weighted by molar-refractivity contribution is 8.01. The molecule has 0 unspecified atom stereocenters. The van der Waals surface area contributed by atoms with Crippen LogP contribution in [-0.4, -0.2) is 170 Å². The van der Waals surface area contributed by atoms with Crippen LogP contribution in [0.1, 0.15) is 81.1 Å². The molecule has 1 N–H and O–H groups in total. The maximum atomic E-state index is 12.3. The van der Waals surface area contributed by atoms with Gasteiger partial charge in [-0.25, -0.2) is 0 Å². The van der Waals surface area contributed by atoms with E-state index in [-0.39, 0.29) is 59.5 Å². The molecule has 0 radical (unpaired) electrons. The second kappa shape index (κ2) is 28.8. The van der Waals surface area contributed by atoms with Gasteiger partial charge in [-0.2, -0.15) is 0 Å². The van der Waals surface area contributed by atoms with Gasteiger partial charge in [0.1, 0.15) is 13.2 Å². The molecule has 0 amide bonds. The first-order chi connectivity index (χ1) is 30.2. The van der Waals surface area contributed by atoms with Gasteiger partial charge in [0.05, 0.1) is 48.9 Å². The molecular weight excluding hydrogens is 889 g/mol. The van der Waals surface area contributed by atoms with Crippen LogP contribution in [0.15, 0.2) is 12.7 Å². The number of thioether (sulfide) groups is 2. The van der Waals surface area contributed by atoms with Gasteiger partial charge in [0.15, 0.2) is 36.6 Å². The largest absolute Gasteiger partial charge is 0.465 e. The summed E-state index contributed by atoms with van der Waals surface area (Å²) in [7, 11) is 0. The van der Waals surface area contributed by atoms with Crippen molar-refractivity contribution in [2.45, 2.75) is 139 Å². The van der Waals surface area contributed by atoms with Crippen LogP contribution < -0.4 is 0 Å². The number of aliphatic hydroxyl groups excluding tert-OH is 1. The predicted molar refractivity (Wildman–Crippen MR) is 228 cm³/mol. The molecule has 2 heterocycles. The van der Waals surface area contributed by atoms with Crippen molar-refractivity contribution in [2.24, 2.45) is 5.41 Å². The van der Waals surface area contributed by atoms with Crippen molar-refractivity contribution < 1.29 is 95.6 Å². The lowest BCUT2D eigenvalue weighted by atomic mass is 9.92. The minimum atomic E-state index is -1.20. The second-order valence-corrected chi connectivity index (χ2v) is 18.3. The number of carbonyl (C=O) groups is 8. The lowest BCUT2D eigenvalue weighted by Gasteiger charge is -2.44. The highest BCUT2D eigenvalue weighted by Crippen LogP contribution is 2.41. The van der Waals surface area contributed by atoms with Crippen LogP contribution in [0.4, 0.5) is 0 Å². The number of aliphatic hydroxyl groups is 1. The summed E-state index contributed by atoms with van der Waals surface area (Å²) in [4.78, 5) is 96.6. The van der Waals surface area contributed by atoms with E-state index in [1.165, 1.54) is 78.9 Å². The molecule has 0 aliphatic carbocycles. The third-order valence-electron chi connectivity index (χ3n) is 9.52. The first-order valence-electron chi connectivity index (χ1n) is 20.8. The molecule has 0 bridgehead atoms. The Bertz CT molecular complexity index is 1470. The summed E-state index contributed by atoms with van der Waals surface area (Å²) in [5.41, 5.74) is -1.03. The topological polar surface area (TPSA) is 258 Å².